The van der Waals surface area contributed by atoms with Gasteiger partial charge in [-0.25, -0.2) is 10.8 Å². The zero-order chi connectivity index (χ0) is 14.8. The zero-order valence-electron chi connectivity index (χ0n) is 10.9. The van der Waals surface area contributed by atoms with Gasteiger partial charge in [0.15, 0.2) is 5.76 Å². The van der Waals surface area contributed by atoms with Crippen molar-refractivity contribution in [3.63, 3.8) is 0 Å². The third-order valence-corrected chi connectivity index (χ3v) is 3.16. The summed E-state index contributed by atoms with van der Waals surface area (Å²) in [7, 11) is 0. The predicted molar refractivity (Wildman–Crippen MR) is 75.5 cm³/mol. The summed E-state index contributed by atoms with van der Waals surface area (Å²) in [6, 6.07) is 8.56. The second kappa shape index (κ2) is 5.22. The van der Waals surface area contributed by atoms with E-state index in [2.05, 4.69) is 4.98 Å². The normalized spacial score (nSPS) is 10.7. The monoisotopic (exact) mass is 284 g/mol. The fraction of sp³-hybridized carbons (Fsp3) is 0.0714. The molecule has 3 N–H and O–H groups in total. The van der Waals surface area contributed by atoms with Crippen molar-refractivity contribution in [2.75, 3.05) is 0 Å². The van der Waals surface area contributed by atoms with E-state index in [1.165, 1.54) is 23.2 Å². The number of hydrogen-bond donors (Lipinski definition) is 2. The van der Waals surface area contributed by atoms with Crippen LogP contribution in [0.4, 0.5) is 0 Å². The fourth-order valence-corrected chi connectivity index (χ4v) is 2.17. The number of benzene rings is 1. The highest BCUT2D eigenvalue weighted by Crippen LogP contribution is 2.26. The number of hydrazine groups is 1. The Hall–Kier alpha value is -2.93. The number of amides is 1. The maximum atomic E-state index is 11.8. The molecular weight excluding hydrogens is 272 g/mol. The summed E-state index contributed by atoms with van der Waals surface area (Å²) in [6.07, 6.45) is 2.83. The number of carbonyl (C=O) groups is 1. The van der Waals surface area contributed by atoms with Crippen LogP contribution in [-0.2, 0) is 6.54 Å². The first-order chi connectivity index (χ1) is 10.2. The number of para-hydroxylation sites is 1. The van der Waals surface area contributed by atoms with Gasteiger partial charge in [0.05, 0.1) is 12.9 Å². The summed E-state index contributed by atoms with van der Waals surface area (Å²) < 4.78 is 6.93. The van der Waals surface area contributed by atoms with Crippen molar-refractivity contribution in [3.8, 4) is 0 Å². The van der Waals surface area contributed by atoms with Crippen molar-refractivity contribution in [1.82, 2.24) is 15.0 Å². The number of aromatic nitrogens is 2. The molecule has 7 nitrogen and oxygen atoms in total. The second-order valence-electron chi connectivity index (χ2n) is 4.43. The molecule has 3 rings (SSSR count). The Labute approximate surface area is 119 Å². The molecule has 0 saturated carbocycles. The highest BCUT2D eigenvalue weighted by atomic mass is 16.3. The number of nitrogens with two attached hydrogens (primary N) is 1. The first-order valence-corrected chi connectivity index (χ1v) is 6.22. The van der Waals surface area contributed by atoms with Gasteiger partial charge in [0.1, 0.15) is 5.58 Å². The lowest BCUT2D eigenvalue weighted by atomic mass is 10.1. The molecule has 0 fully saturated rings. The van der Waals surface area contributed by atoms with Crippen LogP contribution >= 0.6 is 0 Å². The van der Waals surface area contributed by atoms with Crippen molar-refractivity contribution in [1.29, 1.82) is 0 Å². The lowest BCUT2D eigenvalue weighted by Gasteiger charge is -2.05. The molecule has 0 saturated heterocycles. The first kappa shape index (κ1) is 13.1. The average Bonchev–Trinajstić information content (AvgIpc) is 2.88. The van der Waals surface area contributed by atoms with E-state index in [0.29, 0.717) is 11.1 Å². The van der Waals surface area contributed by atoms with Crippen LogP contribution in [0, 0.1) is 0 Å². The van der Waals surface area contributed by atoms with Gasteiger partial charge in [0.2, 0.25) is 0 Å². The predicted octanol–water partition coefficient (Wildman–Crippen LogP) is 0.641. The molecule has 0 aliphatic heterocycles. The molecule has 0 aliphatic carbocycles. The smallest absolute Gasteiger partial charge is 0.301 e. The van der Waals surface area contributed by atoms with Gasteiger partial charge in [-0.2, -0.15) is 0 Å². The minimum absolute atomic E-state index is 0.0921. The van der Waals surface area contributed by atoms with Crippen molar-refractivity contribution in [3.05, 3.63) is 64.5 Å². The van der Waals surface area contributed by atoms with E-state index >= 15 is 0 Å². The summed E-state index contributed by atoms with van der Waals surface area (Å²) in [5.41, 5.74) is 2.98. The topological polar surface area (TPSA) is 103 Å². The van der Waals surface area contributed by atoms with Crippen LogP contribution in [0.3, 0.4) is 0 Å². The largest absolute Gasteiger partial charge is 0.450 e. The quantitative estimate of drug-likeness (QED) is 0.417. The highest BCUT2D eigenvalue weighted by molar-refractivity contribution is 5.98. The number of hydrogen-bond acceptors (Lipinski definition) is 5. The van der Waals surface area contributed by atoms with E-state index in [-0.39, 0.29) is 17.9 Å². The summed E-state index contributed by atoms with van der Waals surface area (Å²) in [6.45, 7) is 0.173. The molecule has 1 aromatic carbocycles. The molecule has 0 radical (unpaired) electrons. The van der Waals surface area contributed by atoms with Crippen molar-refractivity contribution in [2.45, 2.75) is 6.54 Å². The molecule has 0 spiro atoms. The lowest BCUT2D eigenvalue weighted by Crippen LogP contribution is -2.31. The number of rotatable bonds is 3. The van der Waals surface area contributed by atoms with E-state index in [0.717, 1.165) is 5.39 Å². The average molecular weight is 284 g/mol. The Morgan fingerprint density at radius 2 is 2.14 bits per heavy atom. The van der Waals surface area contributed by atoms with Crippen molar-refractivity contribution in [2.24, 2.45) is 5.84 Å². The molecular formula is C14H12N4O3. The maximum Gasteiger partial charge on any atom is 0.301 e. The minimum Gasteiger partial charge on any atom is -0.450 e. The number of nitrogens with zero attached hydrogens (tertiary/aromatic N) is 2. The van der Waals surface area contributed by atoms with Crippen LogP contribution in [0.15, 0.2) is 52.1 Å². The van der Waals surface area contributed by atoms with Crippen LogP contribution in [-0.4, -0.2) is 15.5 Å². The molecule has 0 atom stereocenters. The maximum absolute atomic E-state index is 11.8. The van der Waals surface area contributed by atoms with Crippen LogP contribution in [0.5, 0.6) is 0 Å². The third kappa shape index (κ3) is 2.30. The van der Waals surface area contributed by atoms with Gasteiger partial charge in [-0.3, -0.25) is 19.6 Å². The van der Waals surface area contributed by atoms with E-state index < -0.39 is 5.91 Å². The van der Waals surface area contributed by atoms with E-state index in [9.17, 15) is 9.59 Å². The molecule has 0 bridgehead atoms. The van der Waals surface area contributed by atoms with Gasteiger partial charge in [0, 0.05) is 23.2 Å². The molecule has 106 valence electrons. The zero-order valence-corrected chi connectivity index (χ0v) is 10.9. The van der Waals surface area contributed by atoms with Crippen LogP contribution < -0.4 is 16.8 Å². The summed E-state index contributed by atoms with van der Waals surface area (Å²) >= 11 is 0. The van der Waals surface area contributed by atoms with Gasteiger partial charge < -0.3 is 4.42 Å². The fourth-order valence-electron chi connectivity index (χ4n) is 2.17. The van der Waals surface area contributed by atoms with Gasteiger partial charge in [-0.05, 0) is 6.07 Å². The van der Waals surface area contributed by atoms with E-state index in [1.807, 2.05) is 17.6 Å². The first-order valence-electron chi connectivity index (χ1n) is 6.22. The summed E-state index contributed by atoms with van der Waals surface area (Å²) in [5, 5.41) is 0.756. The Kier molecular flexibility index (Phi) is 3.25. The molecule has 2 heterocycles. The van der Waals surface area contributed by atoms with Gasteiger partial charge >= 0.3 is 5.91 Å². The second-order valence-corrected chi connectivity index (χ2v) is 4.43. The molecule has 21 heavy (non-hydrogen) atoms. The summed E-state index contributed by atoms with van der Waals surface area (Å²) in [4.78, 5) is 27.6. The van der Waals surface area contributed by atoms with Gasteiger partial charge in [0.25, 0.3) is 5.56 Å². The Balaban J connectivity index is 2.18. The van der Waals surface area contributed by atoms with Crippen LogP contribution in [0.25, 0.3) is 11.0 Å². The minimum atomic E-state index is -0.543. The number of carbonyl (C=O) groups excluding carboxylic acids is 1. The Morgan fingerprint density at radius 3 is 2.90 bits per heavy atom. The standard InChI is InChI=1S/C14H12N4O3/c15-17-14(20)13-10(7-18-8-16-6-5-12(18)19)9-3-1-2-4-11(9)21-13/h1-6,8H,7,15H2,(H,17,20). The number of furan rings is 1. The van der Waals surface area contributed by atoms with Crippen molar-refractivity contribution >= 4 is 16.9 Å². The van der Waals surface area contributed by atoms with E-state index in [1.54, 1.807) is 12.1 Å². The number of nitrogens with one attached hydrogen (secondary N) is 1. The molecule has 2 aromatic heterocycles. The third-order valence-electron chi connectivity index (χ3n) is 3.16. The van der Waals surface area contributed by atoms with Crippen LogP contribution in [0.2, 0.25) is 0 Å². The Bertz CT molecular complexity index is 866. The number of fused-ring (bicyclic) bond motifs is 1. The molecule has 7 heteroatoms. The molecule has 0 aliphatic rings. The number of nitrogen functional groups attached to an aromatic ring is 1. The van der Waals surface area contributed by atoms with Gasteiger partial charge in [-0.15, -0.1) is 0 Å². The lowest BCUT2D eigenvalue weighted by molar-refractivity contribution is 0.0926. The molecule has 0 unspecified atom stereocenters. The Morgan fingerprint density at radius 1 is 1.33 bits per heavy atom. The highest BCUT2D eigenvalue weighted by Gasteiger charge is 2.20. The van der Waals surface area contributed by atoms with E-state index in [4.69, 9.17) is 10.3 Å². The SMILES string of the molecule is NNC(=O)c1oc2ccccc2c1Cn1cnccc1=O. The molecule has 3 aromatic rings. The molecule has 1 amide bonds. The van der Waals surface area contributed by atoms with Crippen molar-refractivity contribution < 1.29 is 9.21 Å². The van der Waals surface area contributed by atoms with Gasteiger partial charge in [-0.1, -0.05) is 18.2 Å². The summed E-state index contributed by atoms with van der Waals surface area (Å²) in [5.74, 6) is 4.73. The van der Waals surface area contributed by atoms with Crippen LogP contribution in [0.1, 0.15) is 16.1 Å².